The highest BCUT2D eigenvalue weighted by molar-refractivity contribution is 5.99. The smallest absolute Gasteiger partial charge is 0.323 e. The summed E-state index contributed by atoms with van der Waals surface area (Å²) in [6.45, 7) is 2.66. The van der Waals surface area contributed by atoms with Crippen molar-refractivity contribution in [3.63, 3.8) is 0 Å². The zero-order valence-electron chi connectivity index (χ0n) is 15.9. The molecule has 0 fully saturated rings. The van der Waals surface area contributed by atoms with Crippen molar-refractivity contribution < 1.29 is 19.2 Å². The van der Waals surface area contributed by atoms with E-state index in [-0.39, 0.29) is 5.69 Å². The first kappa shape index (κ1) is 21.1. The molecule has 2 rings (SSSR count). The highest BCUT2D eigenvalue weighted by Gasteiger charge is 2.09. The molecular formula is C19H24N4O5. The van der Waals surface area contributed by atoms with E-state index in [1.807, 2.05) is 12.1 Å². The molecule has 28 heavy (non-hydrogen) atoms. The molecule has 2 N–H and O–H groups in total. The summed E-state index contributed by atoms with van der Waals surface area (Å²) in [5.41, 5.74) is 2.05. The number of carbonyl (C=O) groups is 1. The van der Waals surface area contributed by atoms with E-state index < -0.39 is 11.0 Å². The molecule has 9 nitrogen and oxygen atoms in total. The van der Waals surface area contributed by atoms with Crippen molar-refractivity contribution in [2.24, 2.45) is 0 Å². The van der Waals surface area contributed by atoms with Crippen LogP contribution in [0.5, 0.6) is 0 Å². The first-order chi connectivity index (χ1) is 13.5. The number of non-ortho nitro benzene ring substituents is 1. The lowest BCUT2D eigenvalue weighted by Crippen LogP contribution is -2.30. The van der Waals surface area contributed by atoms with Gasteiger partial charge in [-0.25, -0.2) is 4.79 Å². The molecule has 0 aliphatic rings. The second kappa shape index (κ2) is 10.9. The van der Waals surface area contributed by atoms with Gasteiger partial charge in [-0.3, -0.25) is 10.1 Å². The zero-order valence-corrected chi connectivity index (χ0v) is 15.9. The Labute approximate surface area is 163 Å². The van der Waals surface area contributed by atoms with Crippen molar-refractivity contribution in [1.82, 2.24) is 0 Å². The van der Waals surface area contributed by atoms with Crippen molar-refractivity contribution in [3.8, 4) is 0 Å². The van der Waals surface area contributed by atoms with E-state index >= 15 is 0 Å². The normalized spacial score (nSPS) is 10.4. The molecule has 0 bridgehead atoms. The predicted octanol–water partition coefficient (Wildman–Crippen LogP) is 3.34. The second-order valence-corrected chi connectivity index (χ2v) is 5.90. The molecule has 2 aromatic rings. The van der Waals surface area contributed by atoms with E-state index in [4.69, 9.17) is 9.47 Å². The van der Waals surface area contributed by atoms with Crippen LogP contribution in [0, 0.1) is 10.1 Å². The molecule has 0 heterocycles. The number of rotatable bonds is 10. The molecule has 0 radical (unpaired) electrons. The molecule has 0 atom stereocenters. The van der Waals surface area contributed by atoms with Gasteiger partial charge in [-0.05, 0) is 36.4 Å². The van der Waals surface area contributed by atoms with Gasteiger partial charge < -0.3 is 25.0 Å². The summed E-state index contributed by atoms with van der Waals surface area (Å²) in [6.07, 6.45) is 0. The monoisotopic (exact) mass is 388 g/mol. The highest BCUT2D eigenvalue weighted by atomic mass is 16.6. The SMILES string of the molecule is COCCN(CCOC)c1ccc(NC(=O)Nc2ccc([N+](=O)[O-])cc2)cc1. The molecule has 0 unspecified atom stereocenters. The van der Waals surface area contributed by atoms with Crippen LogP contribution < -0.4 is 15.5 Å². The van der Waals surface area contributed by atoms with Crippen LogP contribution in [0.25, 0.3) is 0 Å². The number of nitro groups is 1. The van der Waals surface area contributed by atoms with Gasteiger partial charge in [0.1, 0.15) is 0 Å². The summed E-state index contributed by atoms with van der Waals surface area (Å²) >= 11 is 0. The third kappa shape index (κ3) is 6.53. The molecule has 150 valence electrons. The van der Waals surface area contributed by atoms with E-state index in [0.29, 0.717) is 24.6 Å². The number of anilines is 3. The van der Waals surface area contributed by atoms with Crippen LogP contribution in [0.1, 0.15) is 0 Å². The lowest BCUT2D eigenvalue weighted by atomic mass is 10.2. The topological polar surface area (TPSA) is 106 Å². The van der Waals surface area contributed by atoms with Crippen LogP contribution in [0.4, 0.5) is 27.5 Å². The van der Waals surface area contributed by atoms with Crippen molar-refractivity contribution in [2.45, 2.75) is 0 Å². The number of amides is 2. The number of ether oxygens (including phenoxy) is 2. The molecule has 0 spiro atoms. The first-order valence-corrected chi connectivity index (χ1v) is 8.69. The Morgan fingerprint density at radius 3 is 1.82 bits per heavy atom. The molecule has 0 saturated heterocycles. The lowest BCUT2D eigenvalue weighted by Gasteiger charge is -2.24. The Kier molecular flexibility index (Phi) is 8.19. The zero-order chi connectivity index (χ0) is 20.4. The van der Waals surface area contributed by atoms with E-state index in [1.165, 1.54) is 24.3 Å². The predicted molar refractivity (Wildman–Crippen MR) is 108 cm³/mol. The van der Waals surface area contributed by atoms with Gasteiger partial charge in [0.25, 0.3) is 5.69 Å². The van der Waals surface area contributed by atoms with E-state index in [2.05, 4.69) is 15.5 Å². The quantitative estimate of drug-likeness (QED) is 0.478. The first-order valence-electron chi connectivity index (χ1n) is 8.69. The van der Waals surface area contributed by atoms with E-state index in [0.717, 1.165) is 18.8 Å². The molecule has 9 heteroatoms. The maximum Gasteiger partial charge on any atom is 0.323 e. The minimum Gasteiger partial charge on any atom is -0.383 e. The highest BCUT2D eigenvalue weighted by Crippen LogP contribution is 2.19. The number of nitrogens with one attached hydrogen (secondary N) is 2. The van der Waals surface area contributed by atoms with Gasteiger partial charge in [-0.2, -0.15) is 0 Å². The largest absolute Gasteiger partial charge is 0.383 e. The van der Waals surface area contributed by atoms with Gasteiger partial charge in [-0.15, -0.1) is 0 Å². The Hall–Kier alpha value is -3.17. The number of benzene rings is 2. The number of hydrogen-bond donors (Lipinski definition) is 2. The molecule has 0 aliphatic heterocycles. The molecule has 0 saturated carbocycles. The fourth-order valence-corrected chi connectivity index (χ4v) is 2.49. The summed E-state index contributed by atoms with van der Waals surface area (Å²) in [5, 5.41) is 16.0. The number of hydrogen-bond acceptors (Lipinski definition) is 6. The van der Waals surface area contributed by atoms with Crippen molar-refractivity contribution in [1.29, 1.82) is 0 Å². The van der Waals surface area contributed by atoms with Gasteiger partial charge in [0, 0.05) is 56.5 Å². The summed E-state index contributed by atoms with van der Waals surface area (Å²) in [7, 11) is 3.32. The van der Waals surface area contributed by atoms with Crippen LogP contribution in [0.3, 0.4) is 0 Å². The van der Waals surface area contributed by atoms with Crippen molar-refractivity contribution in [2.75, 3.05) is 56.1 Å². The number of nitrogens with zero attached hydrogens (tertiary/aromatic N) is 2. The summed E-state index contributed by atoms with van der Waals surface area (Å²) in [4.78, 5) is 24.4. The second-order valence-electron chi connectivity index (χ2n) is 5.90. The Morgan fingerprint density at radius 2 is 1.39 bits per heavy atom. The van der Waals surface area contributed by atoms with Gasteiger partial charge in [0.15, 0.2) is 0 Å². The fourth-order valence-electron chi connectivity index (χ4n) is 2.49. The number of urea groups is 1. The number of nitro benzene ring substituents is 1. The minimum atomic E-state index is -0.492. The van der Waals surface area contributed by atoms with Gasteiger partial charge in [-0.1, -0.05) is 0 Å². The summed E-state index contributed by atoms with van der Waals surface area (Å²) in [6, 6.07) is 12.6. The maximum absolute atomic E-state index is 12.1. The van der Waals surface area contributed by atoms with Crippen LogP contribution in [-0.2, 0) is 9.47 Å². The van der Waals surface area contributed by atoms with E-state index in [9.17, 15) is 14.9 Å². The Balaban J connectivity index is 1.94. The van der Waals surface area contributed by atoms with Gasteiger partial charge in [0.2, 0.25) is 0 Å². The molecule has 2 aromatic carbocycles. The third-order valence-corrected chi connectivity index (χ3v) is 3.96. The lowest BCUT2D eigenvalue weighted by molar-refractivity contribution is -0.384. The molecule has 0 aliphatic carbocycles. The average molecular weight is 388 g/mol. The molecular weight excluding hydrogens is 364 g/mol. The van der Waals surface area contributed by atoms with Crippen LogP contribution in [0.2, 0.25) is 0 Å². The van der Waals surface area contributed by atoms with Gasteiger partial charge >= 0.3 is 6.03 Å². The van der Waals surface area contributed by atoms with Gasteiger partial charge in [0.05, 0.1) is 18.1 Å². The Bertz CT molecular complexity index is 757. The van der Waals surface area contributed by atoms with Crippen LogP contribution in [0.15, 0.2) is 48.5 Å². The third-order valence-electron chi connectivity index (χ3n) is 3.96. The summed E-state index contributed by atoms with van der Waals surface area (Å²) < 4.78 is 10.3. The van der Waals surface area contributed by atoms with E-state index in [1.54, 1.807) is 26.4 Å². The maximum atomic E-state index is 12.1. The van der Waals surface area contributed by atoms with Crippen LogP contribution in [-0.4, -0.2) is 51.5 Å². The van der Waals surface area contributed by atoms with Crippen LogP contribution >= 0.6 is 0 Å². The molecule has 0 aromatic heterocycles. The standard InChI is InChI=1S/C19H24N4O5/c1-27-13-11-22(12-14-28-2)17-7-3-15(4-8-17)20-19(24)21-16-5-9-18(10-6-16)23(25)26/h3-10H,11-14H2,1-2H3,(H2,20,21,24). The minimum absolute atomic E-state index is 0.0342. The fraction of sp³-hybridized carbons (Fsp3) is 0.316. The van der Waals surface area contributed by atoms with Crippen molar-refractivity contribution >= 4 is 28.8 Å². The average Bonchev–Trinajstić information content (AvgIpc) is 2.69. The number of carbonyl (C=O) groups excluding carboxylic acids is 1. The number of methoxy groups -OCH3 is 2. The Morgan fingerprint density at radius 1 is 0.929 bits per heavy atom. The molecule has 2 amide bonds. The van der Waals surface area contributed by atoms with Crippen molar-refractivity contribution in [3.05, 3.63) is 58.6 Å². The summed E-state index contributed by atoms with van der Waals surface area (Å²) in [5.74, 6) is 0.